The first-order chi connectivity index (χ1) is 22.4. The molecule has 4 rings (SSSR count). The van der Waals surface area contributed by atoms with E-state index in [4.69, 9.17) is 0 Å². The highest BCUT2D eigenvalue weighted by Crippen LogP contribution is 2.28. The number of benzene rings is 3. The molecule has 0 heterocycles. The molecule has 3 aromatic rings. The van der Waals surface area contributed by atoms with Crippen LogP contribution in [0.5, 0.6) is 5.75 Å². The van der Waals surface area contributed by atoms with Gasteiger partial charge < -0.3 is 21.1 Å². The van der Waals surface area contributed by atoms with Crippen LogP contribution < -0.4 is 16.0 Å². The maximum absolute atomic E-state index is 13.1. The first-order valence-electron chi connectivity index (χ1n) is 16.7. The van der Waals surface area contributed by atoms with Crippen LogP contribution in [0.4, 0.5) is 5.69 Å². The summed E-state index contributed by atoms with van der Waals surface area (Å²) in [5.41, 5.74) is 4.45. The molecule has 1 aliphatic carbocycles. The number of phenolic OH excluding ortho intramolecular Hbond substituents is 1. The van der Waals surface area contributed by atoms with Gasteiger partial charge in [-0.05, 0) is 98.0 Å². The Morgan fingerprint density at radius 3 is 2.28 bits per heavy atom. The minimum Gasteiger partial charge on any atom is -0.506 e. The van der Waals surface area contributed by atoms with Crippen molar-refractivity contribution in [2.24, 2.45) is 0 Å². The van der Waals surface area contributed by atoms with E-state index in [1.807, 2.05) is 49.4 Å². The summed E-state index contributed by atoms with van der Waals surface area (Å²) in [6.45, 7) is 7.58. The lowest BCUT2D eigenvalue weighted by Gasteiger charge is -2.22. The van der Waals surface area contributed by atoms with Crippen LogP contribution in [0.2, 0.25) is 0 Å². The smallest absolute Gasteiger partial charge is 0.256 e. The predicted octanol–water partition coefficient (Wildman–Crippen LogP) is 9.66. The number of carbonyl (C=O) groups is 2. The lowest BCUT2D eigenvalue weighted by molar-refractivity contribution is 0.0965. The van der Waals surface area contributed by atoms with E-state index in [2.05, 4.69) is 42.4 Å². The Balaban J connectivity index is 0.000000489. The maximum Gasteiger partial charge on any atom is 0.256 e. The van der Waals surface area contributed by atoms with Crippen molar-refractivity contribution in [2.75, 3.05) is 11.9 Å². The van der Waals surface area contributed by atoms with Gasteiger partial charge in [-0.15, -0.1) is 0 Å². The summed E-state index contributed by atoms with van der Waals surface area (Å²) in [4.78, 5) is 25.9. The van der Waals surface area contributed by atoms with E-state index in [1.54, 1.807) is 29.7 Å². The maximum atomic E-state index is 13.1. The van der Waals surface area contributed by atoms with E-state index >= 15 is 0 Å². The van der Waals surface area contributed by atoms with Crippen molar-refractivity contribution in [3.63, 3.8) is 0 Å². The summed E-state index contributed by atoms with van der Waals surface area (Å²) >= 11 is 4.15. The van der Waals surface area contributed by atoms with Crippen LogP contribution in [0.15, 0.2) is 95.6 Å². The van der Waals surface area contributed by atoms with E-state index in [-0.39, 0.29) is 28.8 Å². The molecule has 0 spiro atoms. The molecule has 0 unspecified atom stereocenters. The minimum absolute atomic E-state index is 0.192. The number of amides is 2. The molecule has 1 saturated carbocycles. The second-order valence-corrected chi connectivity index (χ2v) is 12.1. The number of anilines is 1. The number of nitrogens with one attached hydrogen (secondary N) is 3. The highest BCUT2D eigenvalue weighted by molar-refractivity contribution is 7.83. The largest absolute Gasteiger partial charge is 0.506 e. The Labute approximate surface area is 281 Å². The molecule has 1 fully saturated rings. The number of unbranched alkanes of at least 4 members (excludes halogenated alkanes) is 2. The second kappa shape index (κ2) is 20.3. The molecule has 0 saturated heterocycles. The van der Waals surface area contributed by atoms with E-state index in [1.165, 1.54) is 57.2 Å². The van der Waals surface area contributed by atoms with Gasteiger partial charge in [0.05, 0.1) is 5.69 Å². The van der Waals surface area contributed by atoms with E-state index in [9.17, 15) is 14.7 Å². The zero-order valence-electron chi connectivity index (χ0n) is 27.6. The monoisotopic (exact) mass is 641 g/mol. The lowest BCUT2D eigenvalue weighted by atomic mass is 9.95. The van der Waals surface area contributed by atoms with Gasteiger partial charge in [0.25, 0.3) is 11.8 Å². The Hall–Kier alpha value is -3.81. The summed E-state index contributed by atoms with van der Waals surface area (Å²) in [5.74, 6) is -0.897. The van der Waals surface area contributed by atoms with Crippen molar-refractivity contribution in [3.8, 4) is 16.9 Å². The van der Waals surface area contributed by atoms with Crippen LogP contribution in [0.25, 0.3) is 11.1 Å². The molecule has 0 radical (unpaired) electrons. The molecular weight excluding hydrogens is 591 g/mol. The first kappa shape index (κ1) is 36.7. The fourth-order valence-electron chi connectivity index (χ4n) is 5.51. The number of hydrogen-bond donors (Lipinski definition) is 5. The molecule has 0 aromatic heterocycles. The molecule has 0 bridgehead atoms. The van der Waals surface area contributed by atoms with Gasteiger partial charge >= 0.3 is 0 Å². The van der Waals surface area contributed by atoms with Gasteiger partial charge in [0, 0.05) is 22.9 Å². The predicted molar refractivity (Wildman–Crippen MR) is 196 cm³/mol. The van der Waals surface area contributed by atoms with Crippen molar-refractivity contribution in [1.82, 2.24) is 10.6 Å². The number of rotatable bonds is 13. The number of hydrogen-bond acceptors (Lipinski definition) is 5. The molecule has 0 atom stereocenters. The average molecular weight is 642 g/mol. The molecule has 7 heteroatoms. The van der Waals surface area contributed by atoms with Crippen LogP contribution in [-0.4, -0.2) is 29.5 Å². The van der Waals surface area contributed by atoms with Gasteiger partial charge in [0.1, 0.15) is 5.75 Å². The lowest BCUT2D eigenvalue weighted by Crippen LogP contribution is -2.31. The third-order valence-corrected chi connectivity index (χ3v) is 8.31. The molecule has 0 aliphatic heterocycles. The number of aromatic hydroxyl groups is 1. The third kappa shape index (κ3) is 11.8. The van der Waals surface area contributed by atoms with Crippen LogP contribution in [0.1, 0.15) is 106 Å². The summed E-state index contributed by atoms with van der Waals surface area (Å²) in [5, 5.41) is 21.4. The fraction of sp³-hybridized carbons (Fsp3) is 0.385. The quantitative estimate of drug-likeness (QED) is 0.0556. The molecule has 1 aliphatic rings. The standard InChI is InChI=1S/C30H32N2O3S.C9H19N/c1-3-4-6-11-21(2)26(18-19-36)31-29(34)23-16-17-27(28(33)20-23)32-30(35)25-15-10-9-14-24(25)22-12-7-5-8-13-22;1-2-8-10-9-6-4-3-5-7-9/h5,7-10,12-20,33,36H,3-4,6,11H2,1-2H3,(H,31,34)(H,32,35);9-10H,2-8H2,1H3/b19-18-,26-21-;. The molecule has 4 N–H and O–H groups in total. The summed E-state index contributed by atoms with van der Waals surface area (Å²) in [7, 11) is 0. The van der Waals surface area contributed by atoms with Crippen LogP contribution in [0, 0.1) is 0 Å². The number of carbonyl (C=O) groups excluding carboxylic acids is 2. The zero-order chi connectivity index (χ0) is 33.1. The average Bonchev–Trinajstić information content (AvgIpc) is 3.09. The van der Waals surface area contributed by atoms with Crippen LogP contribution in [0.3, 0.4) is 0 Å². The van der Waals surface area contributed by atoms with E-state index in [0.29, 0.717) is 11.3 Å². The summed E-state index contributed by atoms with van der Waals surface area (Å²) in [6.07, 6.45) is 14.4. The normalized spacial score (nSPS) is 13.8. The van der Waals surface area contributed by atoms with Crippen molar-refractivity contribution >= 4 is 30.1 Å². The first-order valence-corrected chi connectivity index (χ1v) is 17.2. The van der Waals surface area contributed by atoms with Crippen molar-refractivity contribution in [2.45, 2.75) is 91.0 Å². The van der Waals surface area contributed by atoms with Gasteiger partial charge in [-0.25, -0.2) is 0 Å². The van der Waals surface area contributed by atoms with Gasteiger partial charge in [0.2, 0.25) is 0 Å². The Bertz CT molecular complexity index is 1450. The Kier molecular flexibility index (Phi) is 16.2. The van der Waals surface area contributed by atoms with Gasteiger partial charge in [-0.1, -0.05) is 94.5 Å². The molecule has 46 heavy (non-hydrogen) atoms. The Morgan fingerprint density at radius 1 is 0.891 bits per heavy atom. The summed E-state index contributed by atoms with van der Waals surface area (Å²) < 4.78 is 0. The minimum atomic E-state index is -0.353. The van der Waals surface area contributed by atoms with E-state index < -0.39 is 0 Å². The van der Waals surface area contributed by atoms with Crippen molar-refractivity contribution in [1.29, 1.82) is 0 Å². The zero-order valence-corrected chi connectivity index (χ0v) is 28.5. The summed E-state index contributed by atoms with van der Waals surface area (Å²) in [6, 6.07) is 22.2. The molecule has 246 valence electrons. The molecule has 3 aromatic carbocycles. The molecule has 2 amide bonds. The van der Waals surface area contributed by atoms with E-state index in [0.717, 1.165) is 48.4 Å². The second-order valence-electron chi connectivity index (χ2n) is 11.8. The van der Waals surface area contributed by atoms with Crippen molar-refractivity contribution < 1.29 is 14.7 Å². The SMILES string of the molecule is CCCCC/C(C)=C(/C=C\S)NC(=O)c1ccc(NC(=O)c2ccccc2-c2ccccc2)c(O)c1.CCCNC1CCCCC1. The van der Waals surface area contributed by atoms with Crippen LogP contribution in [-0.2, 0) is 0 Å². The van der Waals surface area contributed by atoms with Gasteiger partial charge in [-0.2, -0.15) is 12.6 Å². The molecule has 6 nitrogen and oxygen atoms in total. The van der Waals surface area contributed by atoms with Gasteiger partial charge in [-0.3, -0.25) is 9.59 Å². The van der Waals surface area contributed by atoms with Crippen molar-refractivity contribution in [3.05, 3.63) is 107 Å². The Morgan fingerprint density at radius 2 is 1.61 bits per heavy atom. The third-order valence-electron chi connectivity index (χ3n) is 8.16. The topological polar surface area (TPSA) is 90.5 Å². The number of phenols is 1. The van der Waals surface area contributed by atoms with Gasteiger partial charge in [0.15, 0.2) is 0 Å². The number of thiol groups is 1. The fourth-order valence-corrected chi connectivity index (χ4v) is 5.66. The van der Waals surface area contributed by atoms with Crippen LogP contribution >= 0.6 is 12.6 Å². The highest BCUT2D eigenvalue weighted by Gasteiger charge is 2.16. The molecular formula is C39H51N3O3S. The highest BCUT2D eigenvalue weighted by atomic mass is 32.1. The number of allylic oxidation sites excluding steroid dienone is 2.